The molecule has 29 heavy (non-hydrogen) atoms. The number of rotatable bonds is 4. The van der Waals surface area contributed by atoms with Gasteiger partial charge in [0.1, 0.15) is 0 Å². The summed E-state index contributed by atoms with van der Waals surface area (Å²) in [6.07, 6.45) is 4.57. The number of hydrogen-bond donors (Lipinski definition) is 0. The Bertz CT molecular complexity index is 750. The molecule has 2 saturated heterocycles. The lowest BCUT2D eigenvalue weighted by molar-refractivity contribution is -0.118. The Morgan fingerprint density at radius 2 is 1.83 bits per heavy atom. The zero-order valence-corrected chi connectivity index (χ0v) is 17.7. The van der Waals surface area contributed by atoms with Crippen LogP contribution in [-0.2, 0) is 16.0 Å². The van der Waals surface area contributed by atoms with E-state index in [-0.39, 0.29) is 12.0 Å². The molecule has 6 nitrogen and oxygen atoms in total. The molecule has 3 aliphatic rings. The SMILES string of the molecule is CCOC(=O)N1CCC(CN2CCC(N3C(=O)Cc4ccc(C)cc43)CC2)CC1. The summed E-state index contributed by atoms with van der Waals surface area (Å²) in [5.41, 5.74) is 3.53. The van der Waals surface area contributed by atoms with Gasteiger partial charge in [-0.05, 0) is 62.6 Å². The normalized spacial score (nSPS) is 21.5. The molecule has 0 spiro atoms. The van der Waals surface area contributed by atoms with Gasteiger partial charge >= 0.3 is 6.09 Å². The first kappa shape index (κ1) is 20.2. The molecule has 0 atom stereocenters. The maximum Gasteiger partial charge on any atom is 0.409 e. The topological polar surface area (TPSA) is 53.1 Å². The average molecular weight is 400 g/mol. The van der Waals surface area contributed by atoms with E-state index >= 15 is 0 Å². The van der Waals surface area contributed by atoms with Crippen molar-refractivity contribution in [2.75, 3.05) is 44.2 Å². The molecule has 0 bridgehead atoms. The van der Waals surface area contributed by atoms with Crippen molar-refractivity contribution in [3.8, 4) is 0 Å². The van der Waals surface area contributed by atoms with Crippen molar-refractivity contribution < 1.29 is 14.3 Å². The van der Waals surface area contributed by atoms with Gasteiger partial charge in [-0.25, -0.2) is 4.79 Å². The van der Waals surface area contributed by atoms with Crippen molar-refractivity contribution in [2.45, 2.75) is 52.0 Å². The molecule has 1 aromatic rings. The van der Waals surface area contributed by atoms with E-state index in [1.165, 1.54) is 11.1 Å². The third kappa shape index (κ3) is 4.42. The zero-order chi connectivity index (χ0) is 20.4. The summed E-state index contributed by atoms with van der Waals surface area (Å²) in [5.74, 6) is 0.907. The molecule has 2 fully saturated rings. The number of amides is 2. The Labute approximate surface area is 173 Å². The molecular weight excluding hydrogens is 366 g/mol. The molecule has 0 saturated carbocycles. The third-order valence-corrected chi connectivity index (χ3v) is 6.69. The number of ether oxygens (including phenoxy) is 1. The van der Waals surface area contributed by atoms with Gasteiger partial charge in [0, 0.05) is 44.5 Å². The first-order valence-corrected chi connectivity index (χ1v) is 11.1. The van der Waals surface area contributed by atoms with Gasteiger partial charge in [0.05, 0.1) is 13.0 Å². The molecule has 0 aromatic heterocycles. The standard InChI is InChI=1S/C23H33N3O3/c1-3-29-23(28)25-12-6-18(7-13-25)16-24-10-8-20(9-11-24)26-21-14-17(2)4-5-19(21)15-22(26)27/h4-5,14,18,20H,3,6-13,15-16H2,1-2H3. The molecular formula is C23H33N3O3. The lowest BCUT2D eigenvalue weighted by Crippen LogP contribution is -2.48. The number of fused-ring (bicyclic) bond motifs is 1. The van der Waals surface area contributed by atoms with Crippen LogP contribution in [0.25, 0.3) is 0 Å². The number of anilines is 1. The minimum absolute atomic E-state index is 0.169. The highest BCUT2D eigenvalue weighted by atomic mass is 16.6. The summed E-state index contributed by atoms with van der Waals surface area (Å²) in [5, 5.41) is 0. The Morgan fingerprint density at radius 1 is 1.10 bits per heavy atom. The van der Waals surface area contributed by atoms with Gasteiger partial charge in [-0.2, -0.15) is 0 Å². The van der Waals surface area contributed by atoms with Crippen LogP contribution in [0, 0.1) is 12.8 Å². The summed E-state index contributed by atoms with van der Waals surface area (Å²) in [6.45, 7) is 9.20. The largest absolute Gasteiger partial charge is 0.450 e. The fourth-order valence-electron chi connectivity index (χ4n) is 5.07. The minimum atomic E-state index is -0.169. The molecule has 0 radical (unpaired) electrons. The summed E-state index contributed by atoms with van der Waals surface area (Å²) < 4.78 is 5.11. The first-order valence-electron chi connectivity index (χ1n) is 11.1. The van der Waals surface area contributed by atoms with E-state index in [0.717, 1.165) is 64.1 Å². The van der Waals surface area contributed by atoms with Crippen molar-refractivity contribution in [3.63, 3.8) is 0 Å². The van der Waals surface area contributed by atoms with Crippen molar-refractivity contribution in [1.29, 1.82) is 0 Å². The molecule has 0 unspecified atom stereocenters. The quantitative estimate of drug-likeness (QED) is 0.780. The first-order chi connectivity index (χ1) is 14.0. The van der Waals surface area contributed by atoms with Crippen LogP contribution in [0.3, 0.4) is 0 Å². The van der Waals surface area contributed by atoms with Crippen molar-refractivity contribution in [3.05, 3.63) is 29.3 Å². The van der Waals surface area contributed by atoms with Crippen molar-refractivity contribution >= 4 is 17.7 Å². The van der Waals surface area contributed by atoms with Crippen molar-refractivity contribution in [2.24, 2.45) is 5.92 Å². The van der Waals surface area contributed by atoms with Gasteiger partial charge in [0.15, 0.2) is 0 Å². The number of likely N-dealkylation sites (tertiary alicyclic amines) is 2. The van der Waals surface area contributed by atoms with E-state index in [2.05, 4.69) is 34.9 Å². The van der Waals surface area contributed by atoms with Crippen LogP contribution in [0.1, 0.15) is 43.7 Å². The Hall–Kier alpha value is -2.08. The second-order valence-electron chi connectivity index (χ2n) is 8.73. The van der Waals surface area contributed by atoms with E-state index < -0.39 is 0 Å². The van der Waals surface area contributed by atoms with Crippen LogP contribution in [0.15, 0.2) is 18.2 Å². The monoisotopic (exact) mass is 399 g/mol. The van der Waals surface area contributed by atoms with Crippen LogP contribution in [-0.4, -0.2) is 67.2 Å². The highest BCUT2D eigenvalue weighted by molar-refractivity contribution is 6.02. The summed E-state index contributed by atoms with van der Waals surface area (Å²) in [7, 11) is 0. The lowest BCUT2D eigenvalue weighted by atomic mass is 9.94. The highest BCUT2D eigenvalue weighted by Gasteiger charge is 2.35. The van der Waals surface area contributed by atoms with E-state index in [1.807, 2.05) is 11.8 Å². The summed E-state index contributed by atoms with van der Waals surface area (Å²) in [4.78, 5) is 31.0. The predicted octanol–water partition coefficient (Wildman–Crippen LogP) is 3.22. The molecule has 0 aliphatic carbocycles. The molecule has 0 N–H and O–H groups in total. The Kier molecular flexibility index (Phi) is 6.09. The van der Waals surface area contributed by atoms with Gasteiger partial charge in [-0.3, -0.25) is 4.79 Å². The molecule has 3 aliphatic heterocycles. The molecule has 6 heteroatoms. The molecule has 3 heterocycles. The van der Waals surface area contributed by atoms with Crippen LogP contribution in [0.5, 0.6) is 0 Å². The number of piperidine rings is 2. The molecule has 4 rings (SSSR count). The van der Waals surface area contributed by atoms with Crippen molar-refractivity contribution in [1.82, 2.24) is 9.80 Å². The smallest absolute Gasteiger partial charge is 0.409 e. The second kappa shape index (κ2) is 8.74. The minimum Gasteiger partial charge on any atom is -0.450 e. The van der Waals surface area contributed by atoms with Gasteiger partial charge < -0.3 is 19.4 Å². The predicted molar refractivity (Wildman–Crippen MR) is 113 cm³/mol. The van der Waals surface area contributed by atoms with Crippen LogP contribution in [0.2, 0.25) is 0 Å². The van der Waals surface area contributed by atoms with Gasteiger partial charge in [-0.15, -0.1) is 0 Å². The second-order valence-corrected chi connectivity index (χ2v) is 8.73. The number of hydrogen-bond acceptors (Lipinski definition) is 4. The fraction of sp³-hybridized carbons (Fsp3) is 0.652. The third-order valence-electron chi connectivity index (χ3n) is 6.69. The van der Waals surface area contributed by atoms with E-state index in [1.54, 1.807) is 0 Å². The highest BCUT2D eigenvalue weighted by Crippen LogP contribution is 2.34. The number of carbonyl (C=O) groups excluding carboxylic acids is 2. The fourth-order valence-corrected chi connectivity index (χ4v) is 5.07. The number of nitrogens with zero attached hydrogens (tertiary/aromatic N) is 3. The maximum atomic E-state index is 12.6. The summed E-state index contributed by atoms with van der Waals surface area (Å²) in [6, 6.07) is 6.71. The van der Waals surface area contributed by atoms with Crippen LogP contribution in [0.4, 0.5) is 10.5 Å². The maximum absolute atomic E-state index is 12.6. The molecule has 158 valence electrons. The van der Waals surface area contributed by atoms with Crippen LogP contribution >= 0.6 is 0 Å². The molecule has 2 amide bonds. The number of carbonyl (C=O) groups is 2. The van der Waals surface area contributed by atoms with E-state index in [0.29, 0.717) is 25.0 Å². The summed E-state index contributed by atoms with van der Waals surface area (Å²) >= 11 is 0. The average Bonchev–Trinajstić information content (AvgIpc) is 3.04. The van der Waals surface area contributed by atoms with Gasteiger partial charge in [0.25, 0.3) is 0 Å². The van der Waals surface area contributed by atoms with E-state index in [9.17, 15) is 9.59 Å². The number of benzene rings is 1. The number of aryl methyl sites for hydroxylation is 1. The Balaban J connectivity index is 1.26. The zero-order valence-electron chi connectivity index (χ0n) is 17.7. The lowest BCUT2D eigenvalue weighted by Gasteiger charge is -2.39. The Morgan fingerprint density at radius 3 is 2.52 bits per heavy atom. The van der Waals surface area contributed by atoms with Gasteiger partial charge in [0.2, 0.25) is 5.91 Å². The molecule has 1 aromatic carbocycles. The van der Waals surface area contributed by atoms with Crippen LogP contribution < -0.4 is 4.90 Å². The van der Waals surface area contributed by atoms with E-state index in [4.69, 9.17) is 4.74 Å². The van der Waals surface area contributed by atoms with Gasteiger partial charge in [-0.1, -0.05) is 12.1 Å².